The first-order valence-corrected chi connectivity index (χ1v) is 8.07. The first-order chi connectivity index (χ1) is 9.03. The molecule has 0 aromatic heterocycles. The quantitative estimate of drug-likeness (QED) is 0.608. The van der Waals surface area contributed by atoms with Crippen LogP contribution in [-0.2, 0) is 9.59 Å². The topological polar surface area (TPSA) is 78.4 Å². The van der Waals surface area contributed by atoms with Gasteiger partial charge in [0.25, 0.3) is 0 Å². The van der Waals surface area contributed by atoms with E-state index in [9.17, 15) is 14.7 Å². The molecular formula is C13H24N2O3S. The molecule has 1 aliphatic carbocycles. The Morgan fingerprint density at radius 1 is 1.42 bits per heavy atom. The maximum Gasteiger partial charge on any atom is 0.242 e. The van der Waals surface area contributed by atoms with Crippen molar-refractivity contribution in [3.63, 3.8) is 0 Å². The van der Waals surface area contributed by atoms with Gasteiger partial charge in [-0.1, -0.05) is 6.42 Å². The van der Waals surface area contributed by atoms with E-state index in [-0.39, 0.29) is 23.8 Å². The van der Waals surface area contributed by atoms with Crippen molar-refractivity contribution in [1.82, 2.24) is 10.6 Å². The highest BCUT2D eigenvalue weighted by Crippen LogP contribution is 2.39. The SMILES string of the molecule is CSCC[C@H](NC(C)=O)C(=O)NCC1(CO)CCC1. The van der Waals surface area contributed by atoms with Gasteiger partial charge in [0.05, 0.1) is 6.61 Å². The van der Waals surface area contributed by atoms with Gasteiger partial charge in [0, 0.05) is 18.9 Å². The highest BCUT2D eigenvalue weighted by atomic mass is 32.2. The molecule has 1 saturated carbocycles. The number of nitrogens with one attached hydrogen (secondary N) is 2. The molecular weight excluding hydrogens is 264 g/mol. The Bertz CT molecular complexity index is 314. The molecule has 6 heteroatoms. The van der Waals surface area contributed by atoms with Crippen molar-refractivity contribution in [3.8, 4) is 0 Å². The van der Waals surface area contributed by atoms with E-state index in [4.69, 9.17) is 0 Å². The van der Waals surface area contributed by atoms with Crippen LogP contribution in [-0.4, -0.2) is 48.1 Å². The Morgan fingerprint density at radius 2 is 2.11 bits per heavy atom. The minimum Gasteiger partial charge on any atom is -0.396 e. The van der Waals surface area contributed by atoms with Crippen LogP contribution in [0.25, 0.3) is 0 Å². The number of thioether (sulfide) groups is 1. The van der Waals surface area contributed by atoms with E-state index in [0.29, 0.717) is 13.0 Å². The fraction of sp³-hybridized carbons (Fsp3) is 0.846. The molecule has 19 heavy (non-hydrogen) atoms. The summed E-state index contributed by atoms with van der Waals surface area (Å²) in [5, 5.41) is 14.9. The molecule has 0 heterocycles. The third-order valence-electron chi connectivity index (χ3n) is 3.69. The maximum atomic E-state index is 12.1. The summed E-state index contributed by atoms with van der Waals surface area (Å²) in [6, 6.07) is -0.472. The average Bonchev–Trinajstić information content (AvgIpc) is 2.33. The van der Waals surface area contributed by atoms with Crippen LogP contribution in [0.1, 0.15) is 32.6 Å². The van der Waals surface area contributed by atoms with E-state index in [2.05, 4.69) is 10.6 Å². The van der Waals surface area contributed by atoms with Gasteiger partial charge in [0.2, 0.25) is 11.8 Å². The Balaban J connectivity index is 2.43. The second-order valence-corrected chi connectivity index (χ2v) is 6.25. The number of carbonyl (C=O) groups excluding carboxylic acids is 2. The molecule has 0 bridgehead atoms. The van der Waals surface area contributed by atoms with Crippen LogP contribution in [0.15, 0.2) is 0 Å². The summed E-state index contributed by atoms with van der Waals surface area (Å²) < 4.78 is 0. The lowest BCUT2D eigenvalue weighted by molar-refractivity contribution is -0.128. The van der Waals surface area contributed by atoms with Gasteiger partial charge in [-0.05, 0) is 31.3 Å². The van der Waals surface area contributed by atoms with Crippen LogP contribution in [0, 0.1) is 5.41 Å². The summed E-state index contributed by atoms with van der Waals surface area (Å²) in [5.41, 5.74) is -0.129. The molecule has 0 unspecified atom stereocenters. The van der Waals surface area contributed by atoms with E-state index >= 15 is 0 Å². The van der Waals surface area contributed by atoms with Gasteiger partial charge in [-0.2, -0.15) is 11.8 Å². The largest absolute Gasteiger partial charge is 0.396 e. The van der Waals surface area contributed by atoms with Crippen molar-refractivity contribution in [2.75, 3.05) is 25.2 Å². The molecule has 0 aliphatic heterocycles. The van der Waals surface area contributed by atoms with E-state index in [1.807, 2.05) is 6.26 Å². The van der Waals surface area contributed by atoms with Crippen LogP contribution in [0.5, 0.6) is 0 Å². The van der Waals surface area contributed by atoms with Crippen molar-refractivity contribution in [2.45, 2.75) is 38.6 Å². The summed E-state index contributed by atoms with van der Waals surface area (Å²) in [5.74, 6) is 0.481. The standard InChI is InChI=1S/C13H24N2O3S/c1-10(17)15-11(4-7-19-2)12(18)14-8-13(9-16)5-3-6-13/h11,16H,3-9H2,1-2H3,(H,14,18)(H,15,17)/t11-/m0/s1. The predicted octanol–water partition coefficient (Wildman–Crippen LogP) is 0.523. The molecule has 1 fully saturated rings. The summed E-state index contributed by atoms with van der Waals surface area (Å²) >= 11 is 1.65. The third kappa shape index (κ3) is 5.03. The minimum absolute atomic E-state index is 0.114. The van der Waals surface area contributed by atoms with Gasteiger partial charge in [0.15, 0.2) is 0 Å². The normalized spacial score (nSPS) is 18.3. The summed E-state index contributed by atoms with van der Waals surface area (Å²) in [7, 11) is 0. The predicted molar refractivity (Wildman–Crippen MR) is 77.0 cm³/mol. The molecule has 0 saturated heterocycles. The monoisotopic (exact) mass is 288 g/mol. The Labute approximate surface area is 118 Å². The van der Waals surface area contributed by atoms with Gasteiger partial charge in [0.1, 0.15) is 6.04 Å². The molecule has 2 amide bonds. The van der Waals surface area contributed by atoms with E-state index in [1.165, 1.54) is 6.92 Å². The number of hydrogen-bond acceptors (Lipinski definition) is 4. The molecule has 110 valence electrons. The number of rotatable bonds is 8. The molecule has 5 nitrogen and oxygen atoms in total. The smallest absolute Gasteiger partial charge is 0.242 e. The van der Waals surface area contributed by atoms with Gasteiger partial charge in [-0.3, -0.25) is 9.59 Å². The summed E-state index contributed by atoms with van der Waals surface area (Å²) in [4.78, 5) is 23.2. The number of hydrogen-bond donors (Lipinski definition) is 3. The van der Waals surface area contributed by atoms with E-state index < -0.39 is 6.04 Å². The maximum absolute atomic E-state index is 12.1. The molecule has 1 aliphatic rings. The van der Waals surface area contributed by atoms with Crippen molar-refractivity contribution >= 4 is 23.6 Å². The van der Waals surface area contributed by atoms with Gasteiger partial charge in [-0.25, -0.2) is 0 Å². The number of aliphatic hydroxyl groups is 1. The third-order valence-corrected chi connectivity index (χ3v) is 4.34. The second-order valence-electron chi connectivity index (χ2n) is 5.26. The first kappa shape index (κ1) is 16.3. The van der Waals surface area contributed by atoms with Gasteiger partial charge < -0.3 is 15.7 Å². The van der Waals surface area contributed by atoms with Gasteiger partial charge in [-0.15, -0.1) is 0 Å². The van der Waals surface area contributed by atoms with Crippen molar-refractivity contribution in [1.29, 1.82) is 0 Å². The zero-order valence-electron chi connectivity index (χ0n) is 11.7. The van der Waals surface area contributed by atoms with Gasteiger partial charge >= 0.3 is 0 Å². The molecule has 0 aromatic carbocycles. The zero-order chi connectivity index (χ0) is 14.3. The summed E-state index contributed by atoms with van der Waals surface area (Å²) in [6.07, 6.45) is 5.62. The molecule has 0 radical (unpaired) electrons. The lowest BCUT2D eigenvalue weighted by Crippen LogP contribution is -2.51. The summed E-state index contributed by atoms with van der Waals surface area (Å²) in [6.45, 7) is 2.03. The molecule has 1 rings (SSSR count). The van der Waals surface area contributed by atoms with Crippen LogP contribution < -0.4 is 10.6 Å². The fourth-order valence-corrected chi connectivity index (χ4v) is 2.69. The molecule has 1 atom stereocenters. The zero-order valence-corrected chi connectivity index (χ0v) is 12.5. The lowest BCUT2D eigenvalue weighted by Gasteiger charge is -2.40. The van der Waals surface area contributed by atoms with Crippen molar-refractivity contribution < 1.29 is 14.7 Å². The first-order valence-electron chi connectivity index (χ1n) is 6.67. The van der Waals surface area contributed by atoms with Crippen molar-refractivity contribution in [3.05, 3.63) is 0 Å². The van der Waals surface area contributed by atoms with Crippen molar-refractivity contribution in [2.24, 2.45) is 5.41 Å². The second kappa shape index (κ2) is 7.75. The van der Waals surface area contributed by atoms with Crippen LogP contribution in [0.4, 0.5) is 0 Å². The lowest BCUT2D eigenvalue weighted by atomic mass is 9.69. The minimum atomic E-state index is -0.472. The molecule has 0 spiro atoms. The van der Waals surface area contributed by atoms with E-state index in [1.54, 1.807) is 11.8 Å². The fourth-order valence-electron chi connectivity index (χ4n) is 2.22. The Hall–Kier alpha value is -0.750. The Morgan fingerprint density at radius 3 is 2.53 bits per heavy atom. The molecule has 0 aromatic rings. The van der Waals surface area contributed by atoms with E-state index in [0.717, 1.165) is 25.0 Å². The molecule has 3 N–H and O–H groups in total. The van der Waals surface area contributed by atoms with Crippen LogP contribution >= 0.6 is 11.8 Å². The Kier molecular flexibility index (Phi) is 6.65. The number of carbonyl (C=O) groups is 2. The van der Waals surface area contributed by atoms with Crippen LogP contribution in [0.3, 0.4) is 0 Å². The number of aliphatic hydroxyl groups excluding tert-OH is 1. The highest BCUT2D eigenvalue weighted by molar-refractivity contribution is 7.98. The average molecular weight is 288 g/mol. The highest BCUT2D eigenvalue weighted by Gasteiger charge is 2.37. The number of amides is 2. The van der Waals surface area contributed by atoms with Crippen LogP contribution in [0.2, 0.25) is 0 Å².